The Bertz CT molecular complexity index is 1890. The first-order chi connectivity index (χ1) is 46.2. The largest absolute Gasteiger partial charge is 0.472 e. The third-order valence-electron chi connectivity index (χ3n) is 18.5. The molecule has 0 amide bonds. The van der Waals surface area contributed by atoms with Crippen LogP contribution in [-0.2, 0) is 65.4 Å². The lowest BCUT2D eigenvalue weighted by atomic mass is 9.99. The van der Waals surface area contributed by atoms with Crippen LogP contribution in [0.3, 0.4) is 0 Å². The van der Waals surface area contributed by atoms with Crippen molar-refractivity contribution in [3.8, 4) is 0 Å². The summed E-state index contributed by atoms with van der Waals surface area (Å²) in [6.07, 6.45) is 51.5. The van der Waals surface area contributed by atoms with Gasteiger partial charge in [-0.15, -0.1) is 0 Å². The molecule has 0 aromatic rings. The number of hydrogen-bond donors (Lipinski definition) is 3. The zero-order valence-electron chi connectivity index (χ0n) is 63.0. The maximum absolute atomic E-state index is 13.1. The molecule has 0 saturated heterocycles. The summed E-state index contributed by atoms with van der Waals surface area (Å²) in [5, 5.41) is 10.6. The molecular weight excluding hydrogens is 1260 g/mol. The van der Waals surface area contributed by atoms with Gasteiger partial charge >= 0.3 is 39.5 Å². The minimum atomic E-state index is -4.96. The van der Waals surface area contributed by atoms with Crippen molar-refractivity contribution in [2.75, 3.05) is 39.6 Å². The zero-order valence-corrected chi connectivity index (χ0v) is 64.8. The van der Waals surface area contributed by atoms with Crippen LogP contribution in [0, 0.1) is 23.7 Å². The van der Waals surface area contributed by atoms with E-state index in [1.807, 2.05) is 0 Å². The number of esters is 4. The molecule has 19 heteroatoms. The van der Waals surface area contributed by atoms with Crippen molar-refractivity contribution in [1.82, 2.24) is 0 Å². The molecule has 0 bridgehead atoms. The molecular formula is C77H150O17P2. The second-order valence-corrected chi connectivity index (χ2v) is 32.1. The lowest BCUT2D eigenvalue weighted by molar-refractivity contribution is -0.161. The van der Waals surface area contributed by atoms with Crippen LogP contribution in [0.4, 0.5) is 0 Å². The highest BCUT2D eigenvalue weighted by Gasteiger charge is 2.30. The topological polar surface area (TPSA) is 237 Å². The number of aliphatic hydroxyl groups is 1. The number of aliphatic hydroxyl groups excluding tert-OH is 1. The average molecular weight is 1410 g/mol. The number of carbonyl (C=O) groups is 4. The number of ether oxygens (including phenoxy) is 4. The zero-order chi connectivity index (χ0) is 71.0. The van der Waals surface area contributed by atoms with Gasteiger partial charge in [0.2, 0.25) is 0 Å². The molecule has 0 aliphatic heterocycles. The maximum Gasteiger partial charge on any atom is 0.472 e. The SMILES string of the molecule is CCC(C)CCCCCCCCCCCCCCCCC(=O)O[C@H](COC(=O)CCCCCCCCC(C)CC)COP(=O)(O)OC[C@H](O)COP(=O)(O)OC[C@@H](COC(=O)CCCCCCCCCCCCCCCCCC(C)C)OC(=O)CCCCCCCCCC(C)C. The smallest absolute Gasteiger partial charge is 0.462 e. The second kappa shape index (κ2) is 66.3. The van der Waals surface area contributed by atoms with Crippen LogP contribution in [-0.4, -0.2) is 96.7 Å². The first-order valence-electron chi connectivity index (χ1n) is 39.8. The van der Waals surface area contributed by atoms with E-state index in [0.29, 0.717) is 31.6 Å². The first-order valence-corrected chi connectivity index (χ1v) is 42.8. The fraction of sp³-hybridized carbons (Fsp3) is 0.948. The number of phosphoric ester groups is 2. The van der Waals surface area contributed by atoms with Gasteiger partial charge in [-0.25, -0.2) is 9.13 Å². The maximum atomic E-state index is 13.1. The van der Waals surface area contributed by atoms with E-state index in [4.69, 9.17) is 37.0 Å². The van der Waals surface area contributed by atoms with Crippen molar-refractivity contribution in [1.29, 1.82) is 0 Å². The summed E-state index contributed by atoms with van der Waals surface area (Å²) < 4.78 is 68.5. The molecule has 7 atom stereocenters. The van der Waals surface area contributed by atoms with E-state index in [0.717, 1.165) is 114 Å². The predicted octanol–water partition coefficient (Wildman–Crippen LogP) is 22.4. The molecule has 4 unspecified atom stereocenters. The molecule has 3 N–H and O–H groups in total. The van der Waals surface area contributed by atoms with Crippen molar-refractivity contribution in [2.24, 2.45) is 23.7 Å². The van der Waals surface area contributed by atoms with Crippen LogP contribution >= 0.6 is 15.6 Å². The standard InChI is InChI=1S/C77H150O17P2/c1-9-69(7)55-47-39-31-25-21-17-14-15-19-23-27-33-43-51-59-76(81)93-73(64-88-75(80)58-50-42-36-35-40-48-56-70(8)10-2)66-92-96(85,86)90-62-71(78)61-89-95(83,84)91-65-72(94-77(82)60-52-44-34-28-30-38-46-54-68(5)6)63-87-74(79)57-49-41-32-26-22-18-13-11-12-16-20-24-29-37-45-53-67(3)4/h67-73,78H,9-66H2,1-8H3,(H,83,84)(H,85,86)/t69?,70?,71-,72-,73-/m1/s1. The summed E-state index contributed by atoms with van der Waals surface area (Å²) in [5.41, 5.74) is 0. The van der Waals surface area contributed by atoms with E-state index >= 15 is 0 Å². The van der Waals surface area contributed by atoms with Gasteiger partial charge in [-0.05, 0) is 49.4 Å². The lowest BCUT2D eigenvalue weighted by Gasteiger charge is -2.21. The van der Waals surface area contributed by atoms with Crippen molar-refractivity contribution >= 4 is 39.5 Å². The summed E-state index contributed by atoms with van der Waals surface area (Å²) in [5.74, 6) is 0.956. The number of hydrogen-bond acceptors (Lipinski definition) is 15. The third kappa shape index (κ3) is 67.9. The number of carbonyl (C=O) groups excluding carboxylic acids is 4. The van der Waals surface area contributed by atoms with Crippen LogP contribution < -0.4 is 0 Å². The first kappa shape index (κ1) is 94.1. The fourth-order valence-electron chi connectivity index (χ4n) is 11.7. The minimum absolute atomic E-state index is 0.103. The Morgan fingerprint density at radius 2 is 0.500 bits per heavy atom. The molecule has 0 heterocycles. The lowest BCUT2D eigenvalue weighted by Crippen LogP contribution is -2.30. The Balaban J connectivity index is 5.18. The molecule has 0 radical (unpaired) electrons. The summed E-state index contributed by atoms with van der Waals surface area (Å²) >= 11 is 0. The Kier molecular flexibility index (Phi) is 65.0. The molecule has 0 fully saturated rings. The van der Waals surface area contributed by atoms with Gasteiger partial charge in [-0.3, -0.25) is 37.3 Å². The number of unbranched alkanes of at least 4 members (excludes halogenated alkanes) is 38. The van der Waals surface area contributed by atoms with E-state index in [1.54, 1.807) is 0 Å². The average Bonchev–Trinajstić information content (AvgIpc) is 1.34. The molecule has 0 aliphatic rings. The molecule has 0 saturated carbocycles. The van der Waals surface area contributed by atoms with Crippen LogP contribution in [0.15, 0.2) is 0 Å². The summed E-state index contributed by atoms with van der Waals surface area (Å²) in [7, 11) is -9.91. The van der Waals surface area contributed by atoms with Crippen LogP contribution in [0.2, 0.25) is 0 Å². The molecule has 96 heavy (non-hydrogen) atoms. The van der Waals surface area contributed by atoms with E-state index in [9.17, 15) is 43.2 Å². The normalized spacial score (nSPS) is 14.7. The van der Waals surface area contributed by atoms with Crippen molar-refractivity contribution < 1.29 is 80.2 Å². The van der Waals surface area contributed by atoms with Gasteiger partial charge < -0.3 is 33.8 Å². The van der Waals surface area contributed by atoms with Gasteiger partial charge in [0.1, 0.15) is 19.3 Å². The molecule has 0 aromatic heterocycles. The second-order valence-electron chi connectivity index (χ2n) is 29.2. The Labute approximate surface area is 588 Å². The van der Waals surface area contributed by atoms with Gasteiger partial charge in [-0.1, -0.05) is 338 Å². The van der Waals surface area contributed by atoms with Gasteiger partial charge in [0.25, 0.3) is 0 Å². The molecule has 0 spiro atoms. The molecule has 570 valence electrons. The monoisotopic (exact) mass is 1410 g/mol. The van der Waals surface area contributed by atoms with Crippen molar-refractivity contribution in [2.45, 2.75) is 408 Å². The number of phosphoric acid groups is 2. The number of rotatable bonds is 74. The molecule has 0 aromatic carbocycles. The summed E-state index contributed by atoms with van der Waals surface area (Å²) in [6.45, 7) is 14.2. The molecule has 17 nitrogen and oxygen atoms in total. The quantitative estimate of drug-likeness (QED) is 0.0222. The van der Waals surface area contributed by atoms with Crippen LogP contribution in [0.25, 0.3) is 0 Å². The molecule has 0 aliphatic carbocycles. The fourth-order valence-corrected chi connectivity index (χ4v) is 13.2. The van der Waals surface area contributed by atoms with Gasteiger partial charge in [0.15, 0.2) is 12.2 Å². The van der Waals surface area contributed by atoms with Crippen LogP contribution in [0.5, 0.6) is 0 Å². The molecule has 0 rings (SSSR count). The van der Waals surface area contributed by atoms with E-state index in [2.05, 4.69) is 55.4 Å². The highest BCUT2D eigenvalue weighted by molar-refractivity contribution is 7.47. The summed E-state index contributed by atoms with van der Waals surface area (Å²) in [6, 6.07) is 0. The van der Waals surface area contributed by atoms with E-state index in [1.165, 1.54) is 186 Å². The summed E-state index contributed by atoms with van der Waals surface area (Å²) in [4.78, 5) is 72.8. The Morgan fingerprint density at radius 1 is 0.292 bits per heavy atom. The van der Waals surface area contributed by atoms with E-state index < -0.39 is 97.5 Å². The van der Waals surface area contributed by atoms with Gasteiger partial charge in [0.05, 0.1) is 26.4 Å². The van der Waals surface area contributed by atoms with Crippen molar-refractivity contribution in [3.05, 3.63) is 0 Å². The third-order valence-corrected chi connectivity index (χ3v) is 20.4. The van der Waals surface area contributed by atoms with E-state index in [-0.39, 0.29) is 25.7 Å². The highest BCUT2D eigenvalue weighted by atomic mass is 31.2. The van der Waals surface area contributed by atoms with Gasteiger partial charge in [0, 0.05) is 25.7 Å². The van der Waals surface area contributed by atoms with Crippen molar-refractivity contribution in [3.63, 3.8) is 0 Å². The Hall–Kier alpha value is -1.94. The Morgan fingerprint density at radius 3 is 0.740 bits per heavy atom. The highest BCUT2D eigenvalue weighted by Crippen LogP contribution is 2.45. The predicted molar refractivity (Wildman–Crippen MR) is 391 cm³/mol. The minimum Gasteiger partial charge on any atom is -0.462 e. The van der Waals surface area contributed by atoms with Crippen LogP contribution in [0.1, 0.15) is 389 Å². The van der Waals surface area contributed by atoms with Gasteiger partial charge in [-0.2, -0.15) is 0 Å².